The van der Waals surface area contributed by atoms with Crippen molar-refractivity contribution in [3.8, 4) is 11.5 Å². The zero-order valence-corrected chi connectivity index (χ0v) is 20.8. The average Bonchev–Trinajstić information content (AvgIpc) is 3.28. The fourth-order valence-corrected chi connectivity index (χ4v) is 13.6. The van der Waals surface area contributed by atoms with Crippen molar-refractivity contribution in [1.82, 2.24) is 0 Å². The lowest BCUT2D eigenvalue weighted by molar-refractivity contribution is 0.384. The Bertz CT molecular complexity index is 793. The number of hydrogen-bond acceptors (Lipinski definition) is 10. The third-order valence-corrected chi connectivity index (χ3v) is 14.9. The van der Waals surface area contributed by atoms with E-state index in [0.717, 1.165) is 21.3 Å². The summed E-state index contributed by atoms with van der Waals surface area (Å²) >= 11 is 14.9. The summed E-state index contributed by atoms with van der Waals surface area (Å²) in [4.78, 5) is 2.32. The molecule has 0 saturated carbocycles. The van der Waals surface area contributed by atoms with E-state index in [0.29, 0.717) is 0 Å². The molecule has 3 heterocycles. The summed E-state index contributed by atoms with van der Waals surface area (Å²) in [6.45, 7) is 0. The molecule has 0 unspecified atom stereocenters. The molecule has 1 aromatic carbocycles. The molecule has 0 fully saturated rings. The van der Waals surface area contributed by atoms with E-state index >= 15 is 0 Å². The van der Waals surface area contributed by atoms with Gasteiger partial charge in [0, 0.05) is 0 Å². The predicted octanol–water partition coefficient (Wildman–Crippen LogP) is 7.97. The number of hydrogen-bond donors (Lipinski definition) is 0. The highest BCUT2D eigenvalue weighted by Crippen LogP contribution is 2.70. The Morgan fingerprint density at radius 1 is 0.615 bits per heavy atom. The standard InChI is InChI=1S/C16H14O2S8/c1-17-7-5-6-8(18-2)10-9(7)21-13-14(22-10)26-16(25-13)15-23-11(19-3)12(20-4)24-15/h5-6H,1-4H3. The van der Waals surface area contributed by atoms with Crippen LogP contribution >= 0.6 is 94.1 Å². The van der Waals surface area contributed by atoms with E-state index in [4.69, 9.17) is 9.47 Å². The van der Waals surface area contributed by atoms with Crippen molar-refractivity contribution >= 4 is 94.1 Å². The quantitative estimate of drug-likeness (QED) is 0.408. The highest BCUT2D eigenvalue weighted by atomic mass is 32.3. The number of rotatable bonds is 4. The monoisotopic (exact) mass is 494 g/mol. The van der Waals surface area contributed by atoms with Crippen LogP contribution < -0.4 is 9.47 Å². The molecule has 1 aromatic rings. The molecule has 3 aliphatic heterocycles. The third-order valence-electron chi connectivity index (χ3n) is 3.48. The van der Waals surface area contributed by atoms with Crippen LogP contribution in [0.1, 0.15) is 0 Å². The minimum absolute atomic E-state index is 0.914. The van der Waals surface area contributed by atoms with Crippen molar-refractivity contribution in [3.63, 3.8) is 0 Å². The first-order valence-corrected chi connectivity index (χ1v) is 14.7. The van der Waals surface area contributed by atoms with Gasteiger partial charge in [-0.1, -0.05) is 70.6 Å². The summed E-state index contributed by atoms with van der Waals surface area (Å²) in [7, 11) is 3.46. The zero-order valence-electron chi connectivity index (χ0n) is 14.2. The molecule has 4 rings (SSSR count). The first kappa shape index (κ1) is 20.1. The van der Waals surface area contributed by atoms with Crippen molar-refractivity contribution < 1.29 is 9.47 Å². The second-order valence-corrected chi connectivity index (χ2v) is 14.2. The minimum Gasteiger partial charge on any atom is -0.496 e. The van der Waals surface area contributed by atoms with Crippen LogP contribution in [-0.4, -0.2) is 26.7 Å². The summed E-state index contributed by atoms with van der Waals surface area (Å²) in [5.41, 5.74) is 0. The van der Waals surface area contributed by atoms with Gasteiger partial charge in [0.1, 0.15) is 11.5 Å². The highest BCUT2D eigenvalue weighted by Gasteiger charge is 2.35. The van der Waals surface area contributed by atoms with Crippen molar-refractivity contribution in [2.75, 3.05) is 26.7 Å². The second-order valence-electron chi connectivity index (χ2n) is 4.87. The van der Waals surface area contributed by atoms with Gasteiger partial charge < -0.3 is 9.47 Å². The van der Waals surface area contributed by atoms with Gasteiger partial charge in [0.2, 0.25) is 0 Å². The lowest BCUT2D eigenvalue weighted by atomic mass is 10.3. The largest absolute Gasteiger partial charge is 0.496 e. The Hall–Kier alpha value is 0.840. The van der Waals surface area contributed by atoms with Gasteiger partial charge in [-0.25, -0.2) is 0 Å². The maximum atomic E-state index is 5.58. The van der Waals surface area contributed by atoms with Gasteiger partial charge in [-0.2, -0.15) is 0 Å². The van der Waals surface area contributed by atoms with Gasteiger partial charge in [0.25, 0.3) is 0 Å². The number of benzene rings is 1. The molecule has 0 spiro atoms. The molecule has 0 saturated heterocycles. The maximum Gasteiger partial charge on any atom is 0.134 e. The van der Waals surface area contributed by atoms with E-state index in [-0.39, 0.29) is 0 Å². The molecule has 0 atom stereocenters. The molecular formula is C16H14O2S8. The van der Waals surface area contributed by atoms with Crippen molar-refractivity contribution in [3.05, 3.63) is 37.6 Å². The minimum atomic E-state index is 0.914. The fourth-order valence-electron chi connectivity index (χ4n) is 2.31. The number of ether oxygens (including phenoxy) is 2. The average molecular weight is 495 g/mol. The number of methoxy groups -OCH3 is 2. The Balaban J connectivity index is 1.61. The van der Waals surface area contributed by atoms with E-state index in [2.05, 4.69) is 12.5 Å². The Labute approximate surface area is 187 Å². The molecule has 0 N–H and O–H groups in total. The molecule has 0 aliphatic carbocycles. The lowest BCUT2D eigenvalue weighted by Crippen LogP contribution is -1.95. The summed E-state index contributed by atoms with van der Waals surface area (Å²) < 4.78 is 19.5. The Morgan fingerprint density at radius 3 is 1.38 bits per heavy atom. The van der Waals surface area contributed by atoms with Crippen LogP contribution in [0, 0.1) is 0 Å². The van der Waals surface area contributed by atoms with Gasteiger partial charge in [0.15, 0.2) is 0 Å². The molecule has 3 aliphatic rings. The SMILES string of the molecule is COc1ccc(OC)c2c1SC1=C(SC(=C3SC(SC)=C(SC)S3)S1)S2. The van der Waals surface area contributed by atoms with Crippen LogP contribution in [0.25, 0.3) is 0 Å². The molecule has 0 radical (unpaired) electrons. The summed E-state index contributed by atoms with van der Waals surface area (Å²) in [5.74, 6) is 1.83. The zero-order chi connectivity index (χ0) is 18.3. The van der Waals surface area contributed by atoms with Crippen molar-refractivity contribution in [2.45, 2.75) is 9.79 Å². The van der Waals surface area contributed by atoms with Crippen LogP contribution in [0.15, 0.2) is 47.3 Å². The number of thioether (sulfide) groups is 8. The van der Waals surface area contributed by atoms with Gasteiger partial charge in [0.05, 0.1) is 49.4 Å². The molecule has 0 amide bonds. The van der Waals surface area contributed by atoms with Crippen molar-refractivity contribution in [1.29, 1.82) is 0 Å². The molecule has 0 aromatic heterocycles. The fraction of sp³-hybridized carbons (Fsp3) is 0.250. The molecular weight excluding hydrogens is 481 g/mol. The normalized spacial score (nSPS) is 19.2. The molecule has 138 valence electrons. The molecule has 10 heteroatoms. The molecule has 2 nitrogen and oxygen atoms in total. The second kappa shape index (κ2) is 8.69. The van der Waals surface area contributed by atoms with Crippen LogP contribution in [0.5, 0.6) is 11.5 Å². The van der Waals surface area contributed by atoms with E-state index in [1.807, 2.05) is 82.7 Å². The third kappa shape index (κ3) is 3.69. The topological polar surface area (TPSA) is 18.5 Å². The van der Waals surface area contributed by atoms with Crippen LogP contribution in [-0.2, 0) is 0 Å². The predicted molar refractivity (Wildman–Crippen MR) is 130 cm³/mol. The summed E-state index contributed by atoms with van der Waals surface area (Å²) in [6, 6.07) is 3.98. The van der Waals surface area contributed by atoms with Crippen LogP contribution in [0.4, 0.5) is 0 Å². The molecule has 0 bridgehead atoms. The first-order valence-electron chi connectivity index (χ1n) is 7.31. The van der Waals surface area contributed by atoms with Crippen LogP contribution in [0.3, 0.4) is 0 Å². The van der Waals surface area contributed by atoms with Gasteiger partial charge in [-0.05, 0) is 24.6 Å². The Morgan fingerprint density at radius 2 is 1.00 bits per heavy atom. The molecule has 26 heavy (non-hydrogen) atoms. The van der Waals surface area contributed by atoms with E-state index < -0.39 is 0 Å². The lowest BCUT2D eigenvalue weighted by Gasteiger charge is -2.20. The number of fused-ring (bicyclic) bond motifs is 1. The maximum absolute atomic E-state index is 5.58. The summed E-state index contributed by atoms with van der Waals surface area (Å²) in [5, 5.41) is 0. The summed E-state index contributed by atoms with van der Waals surface area (Å²) in [6.07, 6.45) is 4.32. The van der Waals surface area contributed by atoms with E-state index in [9.17, 15) is 0 Å². The highest BCUT2D eigenvalue weighted by molar-refractivity contribution is 8.45. The van der Waals surface area contributed by atoms with E-state index in [1.54, 1.807) is 37.7 Å². The first-order chi connectivity index (χ1) is 12.7. The van der Waals surface area contributed by atoms with Gasteiger partial charge in [-0.15, -0.1) is 23.5 Å². The van der Waals surface area contributed by atoms with E-state index in [1.165, 1.54) is 25.4 Å². The van der Waals surface area contributed by atoms with Crippen molar-refractivity contribution in [2.24, 2.45) is 0 Å². The Kier molecular flexibility index (Phi) is 6.73. The smallest absolute Gasteiger partial charge is 0.134 e. The van der Waals surface area contributed by atoms with Crippen LogP contribution in [0.2, 0.25) is 0 Å². The van der Waals surface area contributed by atoms with Gasteiger partial charge >= 0.3 is 0 Å². The van der Waals surface area contributed by atoms with Gasteiger partial charge in [-0.3, -0.25) is 0 Å².